The predicted molar refractivity (Wildman–Crippen MR) is 92.8 cm³/mol. The summed E-state index contributed by atoms with van der Waals surface area (Å²) in [5, 5.41) is 11.8. The lowest BCUT2D eigenvalue weighted by atomic mass is 10.1. The number of amides is 1. The van der Waals surface area contributed by atoms with E-state index < -0.39 is 23.6 Å². The summed E-state index contributed by atoms with van der Waals surface area (Å²) in [6.07, 6.45) is -3.88. The molecule has 6 nitrogen and oxygen atoms in total. The third-order valence-electron chi connectivity index (χ3n) is 3.61. The maximum Gasteiger partial charge on any atom is 0.573 e. The molecule has 0 spiro atoms. The number of fused-ring (bicyclic) bond motifs is 1. The molecule has 0 aliphatic carbocycles. The van der Waals surface area contributed by atoms with Crippen LogP contribution < -0.4 is 19.5 Å². The molecule has 0 saturated carbocycles. The fourth-order valence-corrected chi connectivity index (χ4v) is 2.44. The Morgan fingerprint density at radius 1 is 1.14 bits per heavy atom. The van der Waals surface area contributed by atoms with Crippen molar-refractivity contribution in [2.75, 3.05) is 18.5 Å². The lowest BCUT2D eigenvalue weighted by molar-refractivity contribution is -0.274. The van der Waals surface area contributed by atoms with Crippen LogP contribution in [0.4, 0.5) is 18.9 Å². The van der Waals surface area contributed by atoms with E-state index in [1.807, 2.05) is 0 Å². The van der Waals surface area contributed by atoms with Crippen LogP contribution in [0.2, 0.25) is 0 Å². The molecule has 0 atom stereocenters. The molecule has 1 aliphatic heterocycles. The Hall–Kier alpha value is -3.67. The van der Waals surface area contributed by atoms with E-state index in [0.717, 1.165) is 12.1 Å². The molecular weight excluding hydrogens is 377 g/mol. The molecule has 3 rings (SSSR count). The van der Waals surface area contributed by atoms with E-state index in [2.05, 4.69) is 10.1 Å². The number of hydrogen-bond donors (Lipinski definition) is 1. The molecule has 2 aromatic carbocycles. The minimum absolute atomic E-state index is 0.0614. The molecule has 1 heterocycles. The van der Waals surface area contributed by atoms with Crippen molar-refractivity contribution >= 4 is 17.7 Å². The number of nitrogens with zero attached hydrogens (tertiary/aromatic N) is 1. The zero-order valence-corrected chi connectivity index (χ0v) is 14.2. The number of benzene rings is 2. The Morgan fingerprint density at radius 3 is 2.57 bits per heavy atom. The number of anilines is 1. The average molecular weight is 390 g/mol. The zero-order valence-electron chi connectivity index (χ0n) is 14.2. The summed E-state index contributed by atoms with van der Waals surface area (Å²) in [5.41, 5.74) is -0.114. The first kappa shape index (κ1) is 19.1. The Balaban J connectivity index is 1.82. The first-order chi connectivity index (χ1) is 13.4. The van der Waals surface area contributed by atoms with Gasteiger partial charge in [-0.25, -0.2) is 0 Å². The monoisotopic (exact) mass is 390 g/mol. The summed E-state index contributed by atoms with van der Waals surface area (Å²) >= 11 is 0. The minimum atomic E-state index is -4.90. The van der Waals surface area contributed by atoms with Crippen LogP contribution in [0, 0.1) is 11.3 Å². The zero-order chi connectivity index (χ0) is 20.1. The second-order valence-electron chi connectivity index (χ2n) is 5.57. The second-order valence-corrected chi connectivity index (χ2v) is 5.57. The van der Waals surface area contributed by atoms with E-state index in [0.29, 0.717) is 30.4 Å². The van der Waals surface area contributed by atoms with E-state index in [1.165, 1.54) is 24.3 Å². The van der Waals surface area contributed by atoms with Gasteiger partial charge in [0.1, 0.15) is 30.6 Å². The molecule has 0 bridgehead atoms. The molecule has 0 aromatic heterocycles. The summed E-state index contributed by atoms with van der Waals surface area (Å²) in [6.45, 7) is 0.781. The molecule has 28 heavy (non-hydrogen) atoms. The van der Waals surface area contributed by atoms with Crippen LogP contribution in [0.5, 0.6) is 17.2 Å². The number of rotatable bonds is 4. The molecule has 144 valence electrons. The summed E-state index contributed by atoms with van der Waals surface area (Å²) < 4.78 is 52.3. The highest BCUT2D eigenvalue weighted by Gasteiger charge is 2.32. The minimum Gasteiger partial charge on any atom is -0.486 e. The molecule has 0 radical (unpaired) electrons. The van der Waals surface area contributed by atoms with Crippen molar-refractivity contribution < 1.29 is 32.2 Å². The molecule has 2 aromatic rings. The smallest absolute Gasteiger partial charge is 0.486 e. The second kappa shape index (κ2) is 7.92. The van der Waals surface area contributed by atoms with Gasteiger partial charge in [-0.2, -0.15) is 5.26 Å². The van der Waals surface area contributed by atoms with Crippen LogP contribution in [-0.2, 0) is 4.79 Å². The highest BCUT2D eigenvalue weighted by Crippen LogP contribution is 2.33. The number of nitriles is 1. The van der Waals surface area contributed by atoms with Crippen molar-refractivity contribution in [3.8, 4) is 23.3 Å². The van der Waals surface area contributed by atoms with Crippen LogP contribution in [0.1, 0.15) is 5.56 Å². The van der Waals surface area contributed by atoms with Gasteiger partial charge < -0.3 is 19.5 Å². The van der Waals surface area contributed by atoms with Gasteiger partial charge in [0.15, 0.2) is 11.5 Å². The van der Waals surface area contributed by atoms with E-state index >= 15 is 0 Å². The van der Waals surface area contributed by atoms with Gasteiger partial charge in [-0.3, -0.25) is 4.79 Å². The molecule has 9 heteroatoms. The molecular formula is C19H13F3N2O4. The Labute approximate surface area is 157 Å². The third-order valence-corrected chi connectivity index (χ3v) is 3.61. The van der Waals surface area contributed by atoms with Crippen LogP contribution in [0.3, 0.4) is 0 Å². The van der Waals surface area contributed by atoms with E-state index in [4.69, 9.17) is 9.47 Å². The molecule has 0 saturated heterocycles. The first-order valence-electron chi connectivity index (χ1n) is 8.03. The van der Waals surface area contributed by atoms with Crippen molar-refractivity contribution in [3.05, 3.63) is 53.6 Å². The standard InChI is InChI=1S/C19H13F3N2O4/c20-19(21,22)28-15-4-2-1-3-12(15)9-13(11-23)18(25)24-14-5-6-16-17(10-14)27-8-7-26-16/h1-6,9-10H,7-8H2,(H,24,25)/b13-9+. The van der Waals surface area contributed by atoms with Gasteiger partial charge in [0.25, 0.3) is 5.91 Å². The highest BCUT2D eigenvalue weighted by molar-refractivity contribution is 6.10. The van der Waals surface area contributed by atoms with Gasteiger partial charge in [-0.15, -0.1) is 13.2 Å². The number of carbonyl (C=O) groups excluding carboxylic acids is 1. The van der Waals surface area contributed by atoms with E-state index in [1.54, 1.807) is 18.2 Å². The largest absolute Gasteiger partial charge is 0.573 e. The van der Waals surface area contributed by atoms with Gasteiger partial charge in [-0.1, -0.05) is 18.2 Å². The predicted octanol–water partition coefficient (Wildman–Crippen LogP) is 3.90. The summed E-state index contributed by atoms with van der Waals surface area (Å²) in [4.78, 5) is 12.4. The van der Waals surface area contributed by atoms with Crippen LogP contribution in [0.25, 0.3) is 6.08 Å². The van der Waals surface area contributed by atoms with Gasteiger partial charge in [0, 0.05) is 17.3 Å². The Bertz CT molecular complexity index is 964. The Morgan fingerprint density at radius 2 is 1.86 bits per heavy atom. The lowest BCUT2D eigenvalue weighted by Gasteiger charge is -2.19. The maximum atomic E-state index is 12.5. The van der Waals surface area contributed by atoms with E-state index in [-0.39, 0.29) is 5.56 Å². The van der Waals surface area contributed by atoms with Gasteiger partial charge >= 0.3 is 6.36 Å². The molecule has 0 fully saturated rings. The normalized spacial score (nSPS) is 13.4. The van der Waals surface area contributed by atoms with Gasteiger partial charge in [0.05, 0.1) is 0 Å². The number of halogens is 3. The molecule has 1 aliphatic rings. The van der Waals surface area contributed by atoms with Crippen molar-refractivity contribution in [2.45, 2.75) is 6.36 Å². The fourth-order valence-electron chi connectivity index (χ4n) is 2.44. The first-order valence-corrected chi connectivity index (χ1v) is 8.03. The molecule has 1 amide bonds. The highest BCUT2D eigenvalue weighted by atomic mass is 19.4. The lowest BCUT2D eigenvalue weighted by Crippen LogP contribution is -2.18. The average Bonchev–Trinajstić information content (AvgIpc) is 2.66. The topological polar surface area (TPSA) is 80.6 Å². The number of nitrogens with one attached hydrogen (secondary N) is 1. The van der Waals surface area contributed by atoms with Crippen LogP contribution in [-0.4, -0.2) is 25.5 Å². The number of para-hydroxylation sites is 1. The number of carbonyl (C=O) groups is 1. The van der Waals surface area contributed by atoms with Crippen molar-refractivity contribution in [1.82, 2.24) is 0 Å². The van der Waals surface area contributed by atoms with Crippen molar-refractivity contribution in [3.63, 3.8) is 0 Å². The van der Waals surface area contributed by atoms with E-state index in [9.17, 15) is 23.2 Å². The summed E-state index contributed by atoms with van der Waals surface area (Å²) in [6, 6.07) is 11.6. The SMILES string of the molecule is N#C/C(=C\c1ccccc1OC(F)(F)F)C(=O)Nc1ccc2c(c1)OCCO2. The van der Waals surface area contributed by atoms with Gasteiger partial charge in [0.2, 0.25) is 0 Å². The van der Waals surface area contributed by atoms with Crippen molar-refractivity contribution in [2.24, 2.45) is 0 Å². The number of alkyl halides is 3. The molecule has 1 N–H and O–H groups in total. The summed E-state index contributed by atoms with van der Waals surface area (Å²) in [7, 11) is 0. The fraction of sp³-hybridized carbons (Fsp3) is 0.158. The number of hydrogen-bond acceptors (Lipinski definition) is 5. The third kappa shape index (κ3) is 4.73. The summed E-state index contributed by atoms with van der Waals surface area (Å²) in [5.74, 6) is -0.343. The Kier molecular flexibility index (Phi) is 5.40. The van der Waals surface area contributed by atoms with Crippen molar-refractivity contribution in [1.29, 1.82) is 5.26 Å². The van der Waals surface area contributed by atoms with Gasteiger partial charge in [-0.05, 0) is 24.3 Å². The number of ether oxygens (including phenoxy) is 3. The maximum absolute atomic E-state index is 12.5. The van der Waals surface area contributed by atoms with Crippen LogP contribution >= 0.6 is 0 Å². The van der Waals surface area contributed by atoms with Crippen LogP contribution in [0.15, 0.2) is 48.0 Å². The quantitative estimate of drug-likeness (QED) is 0.633. The molecule has 0 unspecified atom stereocenters.